The lowest BCUT2D eigenvalue weighted by Crippen LogP contribution is -2.43. The zero-order chi connectivity index (χ0) is 16.1. The molecule has 1 fully saturated rings. The van der Waals surface area contributed by atoms with Crippen LogP contribution in [0.15, 0.2) is 30.5 Å². The van der Waals surface area contributed by atoms with Crippen molar-refractivity contribution in [1.29, 1.82) is 0 Å². The van der Waals surface area contributed by atoms with E-state index in [-0.39, 0.29) is 23.5 Å². The van der Waals surface area contributed by atoms with Gasteiger partial charge in [0.1, 0.15) is 5.00 Å². The van der Waals surface area contributed by atoms with E-state index in [1.165, 1.54) is 12.3 Å². The summed E-state index contributed by atoms with van der Waals surface area (Å²) in [5.41, 5.74) is 0. The Bertz CT molecular complexity index is 653. The van der Waals surface area contributed by atoms with E-state index in [0.29, 0.717) is 24.7 Å². The summed E-state index contributed by atoms with van der Waals surface area (Å²) in [5.74, 6) is 0.0779. The highest BCUT2D eigenvalue weighted by Gasteiger charge is 2.24. The maximum Gasteiger partial charge on any atom is 0.322 e. The van der Waals surface area contributed by atoms with Crippen LogP contribution in [0.5, 0.6) is 5.75 Å². The molecule has 1 aliphatic heterocycles. The quantitative estimate of drug-likeness (QED) is 0.932. The van der Waals surface area contributed by atoms with Crippen molar-refractivity contribution >= 4 is 22.6 Å². The largest absolute Gasteiger partial charge is 0.490 e. The summed E-state index contributed by atoms with van der Waals surface area (Å²) >= 11 is 1.14. The van der Waals surface area contributed by atoms with Gasteiger partial charge in [0.2, 0.25) is 0 Å². The molecule has 1 atom stereocenters. The Kier molecular flexibility index (Phi) is 5.02. The van der Waals surface area contributed by atoms with E-state index in [1.807, 2.05) is 0 Å². The van der Waals surface area contributed by atoms with E-state index >= 15 is 0 Å². The summed E-state index contributed by atoms with van der Waals surface area (Å²) in [7, 11) is 0. The van der Waals surface area contributed by atoms with Crippen molar-refractivity contribution in [3.63, 3.8) is 0 Å². The molecule has 1 aliphatic rings. The van der Waals surface area contributed by atoms with E-state index in [1.54, 1.807) is 23.1 Å². The lowest BCUT2D eigenvalue weighted by Gasteiger charge is -2.32. The monoisotopic (exact) mass is 336 g/mol. The van der Waals surface area contributed by atoms with Crippen LogP contribution < -0.4 is 10.1 Å². The maximum atomic E-state index is 13.6. The Morgan fingerprint density at radius 1 is 1.48 bits per heavy atom. The fraction of sp³-hybridized carbons (Fsp3) is 0.400. The van der Waals surface area contributed by atoms with Crippen LogP contribution in [0.2, 0.25) is 0 Å². The predicted octanol–water partition coefficient (Wildman–Crippen LogP) is 3.00. The highest BCUT2D eigenvalue weighted by Crippen LogP contribution is 2.21. The lowest BCUT2D eigenvalue weighted by molar-refractivity contribution is 0.143. The zero-order valence-electron chi connectivity index (χ0n) is 12.4. The van der Waals surface area contributed by atoms with E-state index in [0.717, 1.165) is 24.4 Å². The summed E-state index contributed by atoms with van der Waals surface area (Å²) in [6.45, 7) is 1.69. The Hall–Kier alpha value is -2.22. The second-order valence-corrected chi connectivity index (χ2v) is 6.19. The fourth-order valence-electron chi connectivity index (χ4n) is 2.56. The Balaban J connectivity index is 1.52. The molecule has 0 spiro atoms. The molecule has 0 aliphatic carbocycles. The first-order valence-corrected chi connectivity index (χ1v) is 8.20. The van der Waals surface area contributed by atoms with Crippen LogP contribution in [-0.4, -0.2) is 40.2 Å². The standard InChI is InChI=1S/C15H17FN4O2S/c16-12-5-1-2-6-13(12)22-10-11-4-3-7-20(9-11)15(21)18-14-8-17-19-23-14/h1-2,5-6,8,11H,3-4,7,9-10H2,(H,18,21). The van der Waals surface area contributed by atoms with Crippen LogP contribution in [0.3, 0.4) is 0 Å². The number of amides is 2. The number of nitrogens with zero attached hydrogens (tertiary/aromatic N) is 3. The van der Waals surface area contributed by atoms with Crippen LogP contribution in [0.1, 0.15) is 12.8 Å². The number of carbonyl (C=O) groups excluding carboxylic acids is 1. The van der Waals surface area contributed by atoms with Gasteiger partial charge in [-0.2, -0.15) is 0 Å². The van der Waals surface area contributed by atoms with Gasteiger partial charge in [-0.3, -0.25) is 5.32 Å². The molecule has 122 valence electrons. The van der Waals surface area contributed by atoms with Gasteiger partial charge in [0, 0.05) is 30.5 Å². The van der Waals surface area contributed by atoms with Crippen molar-refractivity contribution in [2.45, 2.75) is 12.8 Å². The first-order chi connectivity index (χ1) is 11.2. The van der Waals surface area contributed by atoms with Gasteiger partial charge in [0.25, 0.3) is 0 Å². The number of carbonyl (C=O) groups is 1. The summed E-state index contributed by atoms with van der Waals surface area (Å²) in [5, 5.41) is 7.09. The normalized spacial score (nSPS) is 17.8. The summed E-state index contributed by atoms with van der Waals surface area (Å²) < 4.78 is 22.8. The summed E-state index contributed by atoms with van der Waals surface area (Å²) in [6, 6.07) is 6.19. The van der Waals surface area contributed by atoms with E-state index in [9.17, 15) is 9.18 Å². The average molecular weight is 336 g/mol. The van der Waals surface area contributed by atoms with Gasteiger partial charge < -0.3 is 9.64 Å². The molecule has 1 saturated heterocycles. The second kappa shape index (κ2) is 7.36. The Morgan fingerprint density at radius 3 is 3.13 bits per heavy atom. The molecule has 3 rings (SSSR count). The molecule has 1 aromatic heterocycles. The topological polar surface area (TPSA) is 67.4 Å². The molecule has 0 bridgehead atoms. The van der Waals surface area contributed by atoms with Crippen molar-refractivity contribution in [1.82, 2.24) is 14.5 Å². The zero-order valence-corrected chi connectivity index (χ0v) is 13.3. The molecule has 1 N–H and O–H groups in total. The first kappa shape index (κ1) is 15.7. The molecule has 2 amide bonds. The molecule has 0 radical (unpaired) electrons. The number of likely N-dealkylation sites (tertiary alicyclic amines) is 1. The number of hydrogen-bond acceptors (Lipinski definition) is 5. The minimum absolute atomic E-state index is 0.161. The number of ether oxygens (including phenoxy) is 1. The molecule has 6 nitrogen and oxygen atoms in total. The van der Waals surface area contributed by atoms with Crippen molar-refractivity contribution in [3.05, 3.63) is 36.3 Å². The molecule has 8 heteroatoms. The number of benzene rings is 1. The number of urea groups is 1. The van der Waals surface area contributed by atoms with Gasteiger partial charge in [0.15, 0.2) is 11.6 Å². The average Bonchev–Trinajstić information content (AvgIpc) is 3.07. The number of hydrogen-bond donors (Lipinski definition) is 1. The van der Waals surface area contributed by atoms with E-state index < -0.39 is 0 Å². The number of para-hydroxylation sites is 1. The molecule has 2 heterocycles. The fourth-order valence-corrected chi connectivity index (χ4v) is 2.97. The van der Waals surface area contributed by atoms with Crippen LogP contribution in [-0.2, 0) is 0 Å². The van der Waals surface area contributed by atoms with Crippen LogP contribution in [0.25, 0.3) is 0 Å². The van der Waals surface area contributed by atoms with Gasteiger partial charge in [-0.1, -0.05) is 16.6 Å². The van der Waals surface area contributed by atoms with Gasteiger partial charge in [-0.25, -0.2) is 9.18 Å². The van der Waals surface area contributed by atoms with Crippen LogP contribution in [0.4, 0.5) is 14.2 Å². The molecular weight excluding hydrogens is 319 g/mol. The van der Waals surface area contributed by atoms with Crippen molar-refractivity contribution < 1.29 is 13.9 Å². The van der Waals surface area contributed by atoms with Gasteiger partial charge in [-0.05, 0) is 25.0 Å². The molecule has 2 aromatic rings. The molecule has 1 aromatic carbocycles. The highest BCUT2D eigenvalue weighted by atomic mass is 32.1. The Labute approximate surface area is 137 Å². The number of anilines is 1. The maximum absolute atomic E-state index is 13.6. The van der Waals surface area contributed by atoms with Gasteiger partial charge >= 0.3 is 6.03 Å². The summed E-state index contributed by atoms with van der Waals surface area (Å²) in [4.78, 5) is 14.0. The van der Waals surface area contributed by atoms with Gasteiger partial charge in [-0.15, -0.1) is 5.10 Å². The number of nitrogens with one attached hydrogen (secondary N) is 1. The van der Waals surface area contributed by atoms with Gasteiger partial charge in [0.05, 0.1) is 12.8 Å². The minimum Gasteiger partial charge on any atom is -0.490 e. The van der Waals surface area contributed by atoms with Crippen molar-refractivity contribution in [3.8, 4) is 5.75 Å². The molecule has 0 saturated carbocycles. The van der Waals surface area contributed by atoms with Crippen molar-refractivity contribution in [2.75, 3.05) is 25.0 Å². The highest BCUT2D eigenvalue weighted by molar-refractivity contribution is 7.10. The second-order valence-electron chi connectivity index (χ2n) is 5.41. The number of halogens is 1. The summed E-state index contributed by atoms with van der Waals surface area (Å²) in [6.07, 6.45) is 3.38. The number of piperidine rings is 1. The molecule has 23 heavy (non-hydrogen) atoms. The number of aromatic nitrogens is 2. The molecule has 1 unspecified atom stereocenters. The first-order valence-electron chi connectivity index (χ1n) is 7.43. The lowest BCUT2D eigenvalue weighted by atomic mass is 9.99. The van der Waals surface area contributed by atoms with E-state index in [2.05, 4.69) is 14.9 Å². The third-order valence-electron chi connectivity index (χ3n) is 3.71. The van der Waals surface area contributed by atoms with Crippen LogP contribution >= 0.6 is 11.5 Å². The third kappa shape index (κ3) is 4.16. The minimum atomic E-state index is -0.365. The molecular formula is C15H17FN4O2S. The SMILES string of the molecule is O=C(Nc1cnns1)N1CCCC(COc2ccccc2F)C1. The van der Waals surface area contributed by atoms with E-state index in [4.69, 9.17) is 4.74 Å². The predicted molar refractivity (Wildman–Crippen MR) is 85.1 cm³/mol. The van der Waals surface area contributed by atoms with Crippen molar-refractivity contribution in [2.24, 2.45) is 5.92 Å². The van der Waals surface area contributed by atoms with Crippen LogP contribution in [0, 0.1) is 11.7 Å². The third-order valence-corrected chi connectivity index (χ3v) is 4.29. The number of rotatable bonds is 4. The Morgan fingerprint density at radius 2 is 2.35 bits per heavy atom. The smallest absolute Gasteiger partial charge is 0.322 e.